The number of aromatic nitrogens is 2. The fraction of sp³-hybridized carbons (Fsp3) is 0.357. The van der Waals surface area contributed by atoms with Gasteiger partial charge >= 0.3 is 0 Å². The van der Waals surface area contributed by atoms with Gasteiger partial charge in [0, 0.05) is 50.8 Å². The number of rotatable bonds is 3. The lowest BCUT2D eigenvalue weighted by Gasteiger charge is -2.27. The van der Waals surface area contributed by atoms with Crippen molar-refractivity contribution < 1.29 is 0 Å². The molecule has 2 aromatic rings. The van der Waals surface area contributed by atoms with E-state index in [0.29, 0.717) is 0 Å². The van der Waals surface area contributed by atoms with Crippen molar-refractivity contribution >= 4 is 0 Å². The second-order valence-corrected chi connectivity index (χ2v) is 4.66. The van der Waals surface area contributed by atoms with E-state index in [1.807, 2.05) is 17.1 Å². The van der Waals surface area contributed by atoms with E-state index in [1.165, 1.54) is 5.56 Å². The SMILES string of the molecule is c1cn(-c2ccc(CN3CCNCC3)cc2)cn1. The van der Waals surface area contributed by atoms with Crippen molar-refractivity contribution in [3.8, 4) is 5.69 Å². The minimum Gasteiger partial charge on any atom is -0.314 e. The smallest absolute Gasteiger partial charge is 0.0991 e. The molecule has 1 aliphatic heterocycles. The Balaban J connectivity index is 1.67. The Morgan fingerprint density at radius 3 is 2.56 bits per heavy atom. The molecule has 1 fully saturated rings. The maximum atomic E-state index is 4.06. The second-order valence-electron chi connectivity index (χ2n) is 4.66. The number of nitrogens with one attached hydrogen (secondary N) is 1. The first-order valence-corrected chi connectivity index (χ1v) is 6.42. The minimum absolute atomic E-state index is 1.05. The third-order valence-corrected chi connectivity index (χ3v) is 3.35. The number of benzene rings is 1. The van der Waals surface area contributed by atoms with Crippen LogP contribution in [0.1, 0.15) is 5.56 Å². The molecule has 0 spiro atoms. The molecule has 4 heteroatoms. The van der Waals surface area contributed by atoms with Gasteiger partial charge in [0.25, 0.3) is 0 Å². The third kappa shape index (κ3) is 2.60. The van der Waals surface area contributed by atoms with Gasteiger partial charge in [-0.15, -0.1) is 0 Å². The van der Waals surface area contributed by atoms with Gasteiger partial charge in [0.2, 0.25) is 0 Å². The summed E-state index contributed by atoms with van der Waals surface area (Å²) in [5.41, 5.74) is 2.54. The molecule has 94 valence electrons. The molecule has 1 aromatic carbocycles. The first-order valence-electron chi connectivity index (χ1n) is 6.42. The van der Waals surface area contributed by atoms with E-state index in [0.717, 1.165) is 38.4 Å². The number of hydrogen-bond donors (Lipinski definition) is 1. The molecular weight excluding hydrogens is 224 g/mol. The van der Waals surface area contributed by atoms with E-state index >= 15 is 0 Å². The van der Waals surface area contributed by atoms with Gasteiger partial charge in [-0.3, -0.25) is 4.90 Å². The van der Waals surface area contributed by atoms with E-state index in [2.05, 4.69) is 39.5 Å². The highest BCUT2D eigenvalue weighted by atomic mass is 15.2. The quantitative estimate of drug-likeness (QED) is 0.880. The summed E-state index contributed by atoms with van der Waals surface area (Å²) in [5.74, 6) is 0. The van der Waals surface area contributed by atoms with Gasteiger partial charge in [-0.05, 0) is 17.7 Å². The first kappa shape index (κ1) is 11.4. The van der Waals surface area contributed by atoms with Crippen LogP contribution in [0.15, 0.2) is 43.0 Å². The fourth-order valence-electron chi connectivity index (χ4n) is 2.31. The predicted molar refractivity (Wildman–Crippen MR) is 71.7 cm³/mol. The number of imidazole rings is 1. The van der Waals surface area contributed by atoms with Gasteiger partial charge in [-0.25, -0.2) is 4.98 Å². The molecule has 0 unspecified atom stereocenters. The molecular formula is C14H18N4. The minimum atomic E-state index is 1.05. The van der Waals surface area contributed by atoms with E-state index in [-0.39, 0.29) is 0 Å². The third-order valence-electron chi connectivity index (χ3n) is 3.35. The van der Waals surface area contributed by atoms with Crippen LogP contribution in [0, 0.1) is 0 Å². The predicted octanol–water partition coefficient (Wildman–Crippen LogP) is 1.28. The Hall–Kier alpha value is -1.65. The molecule has 0 atom stereocenters. The molecule has 2 heterocycles. The van der Waals surface area contributed by atoms with Crippen molar-refractivity contribution in [2.45, 2.75) is 6.54 Å². The van der Waals surface area contributed by atoms with Gasteiger partial charge in [0.1, 0.15) is 0 Å². The summed E-state index contributed by atoms with van der Waals surface area (Å²) in [6.07, 6.45) is 5.59. The number of hydrogen-bond acceptors (Lipinski definition) is 3. The number of nitrogens with zero attached hydrogens (tertiary/aromatic N) is 3. The Morgan fingerprint density at radius 2 is 1.89 bits per heavy atom. The molecule has 1 aromatic heterocycles. The van der Waals surface area contributed by atoms with Crippen molar-refractivity contribution in [3.63, 3.8) is 0 Å². The highest BCUT2D eigenvalue weighted by Gasteiger charge is 2.09. The van der Waals surface area contributed by atoms with Crippen molar-refractivity contribution in [3.05, 3.63) is 48.5 Å². The molecule has 18 heavy (non-hydrogen) atoms. The summed E-state index contributed by atoms with van der Waals surface area (Å²) < 4.78 is 2.02. The first-order chi connectivity index (χ1) is 8.92. The molecule has 0 saturated carbocycles. The molecule has 0 aliphatic carbocycles. The van der Waals surface area contributed by atoms with Gasteiger partial charge in [-0.2, -0.15) is 0 Å². The molecule has 0 bridgehead atoms. The fourth-order valence-corrected chi connectivity index (χ4v) is 2.31. The maximum absolute atomic E-state index is 4.06. The van der Waals surface area contributed by atoms with Gasteiger partial charge < -0.3 is 9.88 Å². The van der Waals surface area contributed by atoms with Gasteiger partial charge in [0.15, 0.2) is 0 Å². The molecule has 1 aliphatic rings. The normalized spacial score (nSPS) is 16.9. The lowest BCUT2D eigenvalue weighted by atomic mass is 10.2. The summed E-state index contributed by atoms with van der Waals surface area (Å²) >= 11 is 0. The van der Waals surface area contributed by atoms with E-state index < -0.39 is 0 Å². The largest absolute Gasteiger partial charge is 0.314 e. The lowest BCUT2D eigenvalue weighted by molar-refractivity contribution is 0.233. The van der Waals surface area contributed by atoms with Crippen LogP contribution in [0.2, 0.25) is 0 Å². The van der Waals surface area contributed by atoms with Crippen LogP contribution in [0.4, 0.5) is 0 Å². The average molecular weight is 242 g/mol. The van der Waals surface area contributed by atoms with Crippen LogP contribution in [-0.4, -0.2) is 40.6 Å². The van der Waals surface area contributed by atoms with E-state index in [1.54, 1.807) is 6.20 Å². The van der Waals surface area contributed by atoms with Crippen LogP contribution in [-0.2, 0) is 6.54 Å². The summed E-state index contributed by atoms with van der Waals surface area (Å²) in [7, 11) is 0. The molecule has 1 N–H and O–H groups in total. The summed E-state index contributed by atoms with van der Waals surface area (Å²) in [6.45, 7) is 5.54. The second kappa shape index (κ2) is 5.33. The highest BCUT2D eigenvalue weighted by Crippen LogP contribution is 2.11. The van der Waals surface area contributed by atoms with E-state index in [4.69, 9.17) is 0 Å². The summed E-state index contributed by atoms with van der Waals surface area (Å²) in [4.78, 5) is 6.55. The average Bonchev–Trinajstić information content (AvgIpc) is 2.95. The molecule has 0 amide bonds. The van der Waals surface area contributed by atoms with Crippen molar-refractivity contribution in [2.75, 3.05) is 26.2 Å². The monoisotopic (exact) mass is 242 g/mol. The lowest BCUT2D eigenvalue weighted by Crippen LogP contribution is -2.42. The zero-order valence-corrected chi connectivity index (χ0v) is 10.4. The van der Waals surface area contributed by atoms with Gasteiger partial charge in [-0.1, -0.05) is 12.1 Å². The number of piperazine rings is 1. The van der Waals surface area contributed by atoms with Crippen molar-refractivity contribution in [1.29, 1.82) is 0 Å². The van der Waals surface area contributed by atoms with Crippen molar-refractivity contribution in [1.82, 2.24) is 19.8 Å². The van der Waals surface area contributed by atoms with Crippen LogP contribution in [0.5, 0.6) is 0 Å². The Morgan fingerprint density at radius 1 is 1.11 bits per heavy atom. The van der Waals surface area contributed by atoms with Crippen molar-refractivity contribution in [2.24, 2.45) is 0 Å². The zero-order chi connectivity index (χ0) is 12.2. The highest BCUT2D eigenvalue weighted by molar-refractivity contribution is 5.34. The summed E-state index contributed by atoms with van der Waals surface area (Å²) in [5, 5.41) is 3.38. The van der Waals surface area contributed by atoms with Crippen LogP contribution < -0.4 is 5.32 Å². The maximum Gasteiger partial charge on any atom is 0.0991 e. The van der Waals surface area contributed by atoms with Crippen LogP contribution in [0.3, 0.4) is 0 Å². The Labute approximate surface area is 107 Å². The topological polar surface area (TPSA) is 33.1 Å². The molecule has 1 saturated heterocycles. The molecule has 3 rings (SSSR count). The standard InChI is InChI=1S/C14H18N4/c1-3-14(18-10-7-16-12-18)4-2-13(1)11-17-8-5-15-6-9-17/h1-4,7,10,12,15H,5-6,8-9,11H2. The Kier molecular flexibility index (Phi) is 3.39. The Bertz CT molecular complexity index is 469. The molecule has 0 radical (unpaired) electrons. The zero-order valence-electron chi connectivity index (χ0n) is 10.4. The van der Waals surface area contributed by atoms with Gasteiger partial charge in [0.05, 0.1) is 6.33 Å². The molecule has 4 nitrogen and oxygen atoms in total. The van der Waals surface area contributed by atoms with Crippen LogP contribution in [0.25, 0.3) is 5.69 Å². The van der Waals surface area contributed by atoms with Crippen LogP contribution >= 0.6 is 0 Å². The van der Waals surface area contributed by atoms with E-state index in [9.17, 15) is 0 Å². The summed E-state index contributed by atoms with van der Waals surface area (Å²) in [6, 6.07) is 8.72.